The van der Waals surface area contributed by atoms with Gasteiger partial charge in [-0.15, -0.1) is 0 Å². The molecule has 0 bridgehead atoms. The number of nitrogen functional groups attached to an aromatic ring is 1. The van der Waals surface area contributed by atoms with Crippen LogP contribution in [0.3, 0.4) is 0 Å². The Labute approximate surface area is 195 Å². The molecule has 9 heteroatoms. The molecule has 6 nitrogen and oxygen atoms in total. The van der Waals surface area contributed by atoms with Gasteiger partial charge in [0.15, 0.2) is 17.3 Å². The van der Waals surface area contributed by atoms with E-state index in [2.05, 4.69) is 19.9 Å². The number of nitrogens with zero attached hydrogens (tertiary/aromatic N) is 4. The Morgan fingerprint density at radius 2 is 1.79 bits per heavy atom. The fourth-order valence-electron chi connectivity index (χ4n) is 4.52. The number of rotatable bonds is 5. The van der Waals surface area contributed by atoms with E-state index >= 15 is 0 Å². The van der Waals surface area contributed by atoms with Crippen molar-refractivity contribution in [2.75, 3.05) is 11.1 Å². The number of halogens is 3. The van der Waals surface area contributed by atoms with Crippen molar-refractivity contribution < 1.29 is 13.2 Å². The van der Waals surface area contributed by atoms with Gasteiger partial charge in [-0.25, -0.2) is 15.0 Å². The predicted octanol–water partition coefficient (Wildman–Crippen LogP) is 6.21. The zero-order valence-corrected chi connectivity index (χ0v) is 18.5. The number of hydrogen-bond acceptors (Lipinski definition) is 5. The quantitative estimate of drug-likeness (QED) is 0.342. The number of anilines is 2. The van der Waals surface area contributed by atoms with E-state index in [0.717, 1.165) is 43.4 Å². The predicted molar refractivity (Wildman–Crippen MR) is 126 cm³/mol. The SMILES string of the molecule is Nc1cccc(-c2nc(NCc3cccc(C(F)(F)F)c3)c3ncn(C4CCCCC4)c3n2)c1. The fraction of sp³-hybridized carbons (Fsp3) is 0.320. The number of benzene rings is 2. The van der Waals surface area contributed by atoms with Gasteiger partial charge >= 0.3 is 6.18 Å². The second-order valence-corrected chi connectivity index (χ2v) is 8.69. The van der Waals surface area contributed by atoms with Crippen LogP contribution in [0, 0.1) is 0 Å². The normalized spacial score (nSPS) is 15.0. The van der Waals surface area contributed by atoms with Crippen LogP contribution in [0.1, 0.15) is 49.3 Å². The molecule has 0 radical (unpaired) electrons. The van der Waals surface area contributed by atoms with E-state index in [9.17, 15) is 13.2 Å². The summed E-state index contributed by atoms with van der Waals surface area (Å²) < 4.78 is 41.5. The molecule has 2 heterocycles. The Bertz CT molecular complexity index is 1310. The summed E-state index contributed by atoms with van der Waals surface area (Å²) >= 11 is 0. The second kappa shape index (κ2) is 8.96. The molecular formula is C25H25F3N6. The van der Waals surface area contributed by atoms with Crippen LogP contribution in [-0.4, -0.2) is 19.5 Å². The van der Waals surface area contributed by atoms with Crippen molar-refractivity contribution in [1.29, 1.82) is 0 Å². The van der Waals surface area contributed by atoms with Crippen LogP contribution >= 0.6 is 0 Å². The van der Waals surface area contributed by atoms with E-state index in [1.165, 1.54) is 12.5 Å². The first-order valence-electron chi connectivity index (χ1n) is 11.4. The average molecular weight is 467 g/mol. The maximum atomic E-state index is 13.1. The Morgan fingerprint density at radius 3 is 2.56 bits per heavy atom. The molecule has 0 atom stereocenters. The molecule has 1 aliphatic carbocycles. The summed E-state index contributed by atoms with van der Waals surface area (Å²) in [5, 5.41) is 3.20. The van der Waals surface area contributed by atoms with Crippen molar-refractivity contribution in [3.8, 4) is 11.4 Å². The number of aromatic nitrogens is 4. The number of alkyl halides is 3. The molecule has 0 amide bonds. The third-order valence-electron chi connectivity index (χ3n) is 6.25. The fourth-order valence-corrected chi connectivity index (χ4v) is 4.52. The molecule has 176 valence electrons. The molecule has 1 fully saturated rings. The third-order valence-corrected chi connectivity index (χ3v) is 6.25. The minimum absolute atomic E-state index is 0.169. The highest BCUT2D eigenvalue weighted by Crippen LogP contribution is 2.33. The standard InChI is InChI=1S/C25H25F3N6/c26-25(27,28)18-8-4-6-16(12-18)14-30-23-21-24(34(15-31-21)20-10-2-1-3-11-20)33-22(32-23)17-7-5-9-19(29)13-17/h4-9,12-13,15,20H,1-3,10-11,14,29H2,(H,30,32,33). The average Bonchev–Trinajstić information content (AvgIpc) is 3.27. The number of nitrogens with two attached hydrogens (primary N) is 1. The summed E-state index contributed by atoms with van der Waals surface area (Å²) in [6.07, 6.45) is 3.10. The van der Waals surface area contributed by atoms with Gasteiger partial charge in [0.1, 0.15) is 5.52 Å². The van der Waals surface area contributed by atoms with Crippen molar-refractivity contribution in [3.05, 3.63) is 66.0 Å². The Kier molecular flexibility index (Phi) is 5.85. The van der Waals surface area contributed by atoms with E-state index in [-0.39, 0.29) is 6.54 Å². The third kappa shape index (κ3) is 4.55. The van der Waals surface area contributed by atoms with Crippen molar-refractivity contribution in [1.82, 2.24) is 19.5 Å². The first-order chi connectivity index (χ1) is 16.4. The van der Waals surface area contributed by atoms with Crippen molar-refractivity contribution in [2.45, 2.75) is 50.9 Å². The highest BCUT2D eigenvalue weighted by molar-refractivity contribution is 5.85. The number of imidazole rings is 1. The van der Waals surface area contributed by atoms with Crippen molar-refractivity contribution in [3.63, 3.8) is 0 Å². The number of hydrogen-bond donors (Lipinski definition) is 2. The van der Waals surface area contributed by atoms with Crippen LogP contribution in [0.2, 0.25) is 0 Å². The lowest BCUT2D eigenvalue weighted by atomic mass is 9.95. The Hall–Kier alpha value is -3.62. The lowest BCUT2D eigenvalue weighted by Crippen LogP contribution is -2.13. The molecule has 0 saturated heterocycles. The first kappa shape index (κ1) is 22.2. The molecule has 2 aromatic carbocycles. The van der Waals surface area contributed by atoms with E-state index in [1.54, 1.807) is 24.5 Å². The number of nitrogens with one attached hydrogen (secondary N) is 1. The van der Waals surface area contributed by atoms with Gasteiger partial charge in [-0.2, -0.15) is 13.2 Å². The van der Waals surface area contributed by atoms with E-state index < -0.39 is 11.7 Å². The maximum absolute atomic E-state index is 13.1. The summed E-state index contributed by atoms with van der Waals surface area (Å²) in [7, 11) is 0. The molecule has 0 aliphatic heterocycles. The molecule has 3 N–H and O–H groups in total. The highest BCUT2D eigenvalue weighted by Gasteiger charge is 2.30. The van der Waals surface area contributed by atoms with Gasteiger partial charge in [0.2, 0.25) is 0 Å². The van der Waals surface area contributed by atoms with Crippen LogP contribution in [0.25, 0.3) is 22.6 Å². The monoisotopic (exact) mass is 466 g/mol. The second-order valence-electron chi connectivity index (χ2n) is 8.69. The summed E-state index contributed by atoms with van der Waals surface area (Å²) in [6.45, 7) is 0.169. The van der Waals surface area contributed by atoms with Gasteiger partial charge in [0.25, 0.3) is 0 Å². The molecule has 4 aromatic rings. The van der Waals surface area contributed by atoms with Gasteiger partial charge in [-0.1, -0.05) is 43.5 Å². The van der Waals surface area contributed by atoms with Gasteiger partial charge < -0.3 is 15.6 Å². The lowest BCUT2D eigenvalue weighted by Gasteiger charge is -2.23. The van der Waals surface area contributed by atoms with Gasteiger partial charge in [0, 0.05) is 23.8 Å². The zero-order chi connectivity index (χ0) is 23.7. The number of fused-ring (bicyclic) bond motifs is 1. The van der Waals surface area contributed by atoms with Crippen LogP contribution < -0.4 is 11.1 Å². The topological polar surface area (TPSA) is 81.6 Å². The van der Waals surface area contributed by atoms with Crippen molar-refractivity contribution >= 4 is 22.7 Å². The molecule has 1 saturated carbocycles. The highest BCUT2D eigenvalue weighted by atomic mass is 19.4. The minimum Gasteiger partial charge on any atom is -0.399 e. The largest absolute Gasteiger partial charge is 0.416 e. The molecule has 2 aromatic heterocycles. The van der Waals surface area contributed by atoms with Gasteiger partial charge in [-0.3, -0.25) is 0 Å². The van der Waals surface area contributed by atoms with E-state index in [4.69, 9.17) is 10.7 Å². The van der Waals surface area contributed by atoms with Crippen LogP contribution in [0.4, 0.5) is 24.7 Å². The molecular weight excluding hydrogens is 441 g/mol. The van der Waals surface area contributed by atoms with Gasteiger partial charge in [0.05, 0.1) is 11.9 Å². The first-order valence-corrected chi connectivity index (χ1v) is 11.4. The summed E-state index contributed by atoms with van der Waals surface area (Å²) in [5.74, 6) is 0.971. The minimum atomic E-state index is -4.39. The van der Waals surface area contributed by atoms with Gasteiger partial charge in [-0.05, 0) is 42.7 Å². The summed E-state index contributed by atoms with van der Waals surface area (Å²) in [6, 6.07) is 12.9. The molecule has 34 heavy (non-hydrogen) atoms. The zero-order valence-electron chi connectivity index (χ0n) is 18.5. The Balaban J connectivity index is 1.54. The van der Waals surface area contributed by atoms with Crippen LogP contribution in [0.15, 0.2) is 54.9 Å². The van der Waals surface area contributed by atoms with Crippen LogP contribution in [0.5, 0.6) is 0 Å². The van der Waals surface area contributed by atoms with Crippen molar-refractivity contribution in [2.24, 2.45) is 0 Å². The molecule has 1 aliphatic rings. The molecule has 5 rings (SSSR count). The summed E-state index contributed by atoms with van der Waals surface area (Å²) in [4.78, 5) is 14.1. The summed E-state index contributed by atoms with van der Waals surface area (Å²) in [5.41, 5.74) is 8.47. The smallest absolute Gasteiger partial charge is 0.399 e. The van der Waals surface area contributed by atoms with E-state index in [0.29, 0.717) is 40.1 Å². The van der Waals surface area contributed by atoms with E-state index in [1.807, 2.05) is 12.1 Å². The Morgan fingerprint density at radius 1 is 1.00 bits per heavy atom. The maximum Gasteiger partial charge on any atom is 0.416 e. The van der Waals surface area contributed by atoms with Crippen LogP contribution in [-0.2, 0) is 12.7 Å². The molecule has 0 unspecified atom stereocenters. The lowest BCUT2D eigenvalue weighted by molar-refractivity contribution is -0.137. The molecule has 0 spiro atoms.